The number of Topliss-reactive ketones (excluding diaryl/α,β-unsaturated/α-hetero) is 1. The molecule has 3 aliphatic rings. The van der Waals surface area contributed by atoms with Gasteiger partial charge in [-0.05, 0) is 66.0 Å². The van der Waals surface area contributed by atoms with Gasteiger partial charge in [0.1, 0.15) is 5.82 Å². The van der Waals surface area contributed by atoms with E-state index in [0.29, 0.717) is 12.0 Å². The first kappa shape index (κ1) is 22.6. The SMILES string of the molecule is [B]C1([B])N(C)c2cccc3c2N([C@H]2CCN(CCCC(=O)c4ccc(F)cc4)C[C@@H]32)C1([B])[B]. The van der Waals surface area contributed by atoms with Gasteiger partial charge in [-0.1, -0.05) is 12.1 Å². The van der Waals surface area contributed by atoms with Crippen LogP contribution in [-0.2, 0) is 0 Å². The highest BCUT2D eigenvalue weighted by Crippen LogP contribution is 2.55. The lowest BCUT2D eigenvalue weighted by atomic mass is 9.36. The van der Waals surface area contributed by atoms with Gasteiger partial charge in [-0.15, -0.1) is 0 Å². The Morgan fingerprint density at radius 1 is 1.09 bits per heavy atom. The third kappa shape index (κ3) is 3.46. The second kappa shape index (κ2) is 7.97. The van der Waals surface area contributed by atoms with Crippen LogP contribution in [0.5, 0.6) is 0 Å². The quantitative estimate of drug-likeness (QED) is 0.533. The number of carbonyl (C=O) groups is 1. The number of anilines is 2. The average molecular weight is 433 g/mol. The zero-order chi connectivity index (χ0) is 23.5. The number of benzene rings is 2. The van der Waals surface area contributed by atoms with Crippen LogP contribution >= 0.6 is 0 Å². The standard InChI is InChI=1S/C24H24B4FN3O/c1-30-20-5-2-4-17-18-14-31(12-3-6-21(33)15-7-9-16(29)10-8-15)13-11-19(18)32(22(17)20)24(27,28)23(30,25)26/h2,4-5,7-10,18-19H,3,6,11-14H2,1H3/t18-,19-/m0/s1. The lowest BCUT2D eigenvalue weighted by Crippen LogP contribution is -2.77. The van der Waals surface area contributed by atoms with E-state index in [9.17, 15) is 9.18 Å². The van der Waals surface area contributed by atoms with Gasteiger partial charge >= 0.3 is 0 Å². The summed E-state index contributed by atoms with van der Waals surface area (Å²) < 4.78 is 13.1. The topological polar surface area (TPSA) is 26.8 Å². The number of ketones is 1. The van der Waals surface area contributed by atoms with Crippen molar-refractivity contribution in [3.63, 3.8) is 0 Å². The van der Waals surface area contributed by atoms with Crippen LogP contribution in [0.15, 0.2) is 42.5 Å². The molecule has 3 heterocycles. The maximum atomic E-state index is 13.1. The Kier molecular flexibility index (Phi) is 5.47. The molecule has 2 aromatic rings. The molecule has 8 radical (unpaired) electrons. The van der Waals surface area contributed by atoms with Crippen LogP contribution in [0.25, 0.3) is 0 Å². The highest BCUT2D eigenvalue weighted by atomic mass is 19.1. The van der Waals surface area contributed by atoms with Crippen LogP contribution in [-0.4, -0.2) is 85.5 Å². The fourth-order valence-corrected chi connectivity index (χ4v) is 5.74. The summed E-state index contributed by atoms with van der Waals surface area (Å²) in [7, 11) is 27.9. The molecule has 0 spiro atoms. The lowest BCUT2D eigenvalue weighted by molar-refractivity contribution is 0.0971. The summed E-state index contributed by atoms with van der Waals surface area (Å²) in [6.45, 7) is 2.54. The normalized spacial score (nSPS) is 24.9. The summed E-state index contributed by atoms with van der Waals surface area (Å²) in [4.78, 5) is 18.7. The minimum absolute atomic E-state index is 0.0409. The molecular weight excluding hydrogens is 409 g/mol. The molecule has 0 aromatic heterocycles. The van der Waals surface area contributed by atoms with Gasteiger partial charge in [-0.2, -0.15) is 0 Å². The summed E-state index contributed by atoms with van der Waals surface area (Å²) in [5, 5.41) is -2.85. The van der Waals surface area contributed by atoms with Crippen molar-refractivity contribution in [1.82, 2.24) is 4.90 Å². The van der Waals surface area contributed by atoms with Gasteiger partial charge in [0.25, 0.3) is 0 Å². The molecule has 1 saturated heterocycles. The monoisotopic (exact) mass is 433 g/mol. The molecule has 4 nitrogen and oxygen atoms in total. The first-order valence-electron chi connectivity index (χ1n) is 11.5. The molecule has 9 heteroatoms. The van der Waals surface area contributed by atoms with Crippen LogP contribution in [0, 0.1) is 5.82 Å². The molecule has 0 unspecified atom stereocenters. The number of likely N-dealkylation sites (tertiary alicyclic amines) is 1. The second-order valence-corrected chi connectivity index (χ2v) is 9.59. The van der Waals surface area contributed by atoms with Crippen molar-refractivity contribution >= 4 is 48.5 Å². The number of fused-ring (bicyclic) bond motifs is 3. The Labute approximate surface area is 200 Å². The predicted molar refractivity (Wildman–Crippen MR) is 133 cm³/mol. The number of halogens is 1. The molecule has 3 aliphatic heterocycles. The number of likely N-dealkylation sites (N-methyl/N-ethyl adjacent to an activating group) is 1. The molecule has 33 heavy (non-hydrogen) atoms. The molecule has 0 amide bonds. The van der Waals surface area contributed by atoms with Crippen LogP contribution < -0.4 is 9.80 Å². The van der Waals surface area contributed by atoms with E-state index in [1.165, 1.54) is 17.7 Å². The zero-order valence-electron chi connectivity index (χ0n) is 18.9. The van der Waals surface area contributed by atoms with Crippen molar-refractivity contribution in [2.75, 3.05) is 36.5 Å². The molecule has 2 aromatic carbocycles. The van der Waals surface area contributed by atoms with Crippen LogP contribution in [0.4, 0.5) is 15.8 Å². The van der Waals surface area contributed by atoms with Gasteiger partial charge in [0.2, 0.25) is 0 Å². The first-order chi connectivity index (χ1) is 15.6. The lowest BCUT2D eigenvalue weighted by Gasteiger charge is -2.63. The summed E-state index contributed by atoms with van der Waals surface area (Å²) in [6, 6.07) is 12.0. The van der Waals surface area contributed by atoms with Gasteiger partial charge in [-0.25, -0.2) is 4.39 Å². The maximum Gasteiger partial charge on any atom is 0.162 e. The Morgan fingerprint density at radius 3 is 2.55 bits per heavy atom. The van der Waals surface area contributed by atoms with Gasteiger partial charge in [-0.3, -0.25) is 4.79 Å². The third-order valence-electron chi connectivity index (χ3n) is 7.68. The number of para-hydroxylation sites is 1. The summed E-state index contributed by atoms with van der Waals surface area (Å²) in [5.41, 5.74) is 3.74. The number of nitrogens with zero attached hydrogens (tertiary/aromatic N) is 3. The van der Waals surface area contributed by atoms with Crippen LogP contribution in [0.3, 0.4) is 0 Å². The minimum atomic E-state index is -1.43. The van der Waals surface area contributed by atoms with Crippen molar-refractivity contribution in [2.24, 2.45) is 0 Å². The van der Waals surface area contributed by atoms with E-state index in [1.807, 2.05) is 19.2 Å². The predicted octanol–water partition coefficient (Wildman–Crippen LogP) is 1.90. The molecule has 0 N–H and O–H groups in total. The van der Waals surface area contributed by atoms with E-state index in [2.05, 4.69) is 15.9 Å². The van der Waals surface area contributed by atoms with Crippen molar-refractivity contribution in [3.05, 3.63) is 59.4 Å². The van der Waals surface area contributed by atoms with Crippen molar-refractivity contribution < 1.29 is 9.18 Å². The largest absolute Gasteiger partial charge is 0.384 e. The molecule has 0 saturated carbocycles. The Balaban J connectivity index is 1.30. The van der Waals surface area contributed by atoms with Crippen LogP contribution in [0.1, 0.15) is 41.1 Å². The van der Waals surface area contributed by atoms with Gasteiger partial charge in [0, 0.05) is 44.1 Å². The third-order valence-corrected chi connectivity index (χ3v) is 7.68. The van der Waals surface area contributed by atoms with E-state index >= 15 is 0 Å². The van der Waals surface area contributed by atoms with Crippen molar-refractivity contribution in [3.8, 4) is 0 Å². The van der Waals surface area contributed by atoms with E-state index in [1.54, 1.807) is 17.0 Å². The molecule has 5 rings (SSSR count). The van der Waals surface area contributed by atoms with Gasteiger partial charge in [0.15, 0.2) is 5.78 Å². The number of carbonyl (C=O) groups excluding carboxylic acids is 1. The van der Waals surface area contributed by atoms with Gasteiger partial charge in [0.05, 0.1) is 42.8 Å². The summed E-state index contributed by atoms with van der Waals surface area (Å²) >= 11 is 0. The summed E-state index contributed by atoms with van der Waals surface area (Å²) in [5.74, 6) is -0.0616. The smallest absolute Gasteiger partial charge is 0.162 e. The first-order valence-corrected chi connectivity index (χ1v) is 11.5. The van der Waals surface area contributed by atoms with Gasteiger partial charge < -0.3 is 14.7 Å². The van der Waals surface area contributed by atoms with E-state index in [4.69, 9.17) is 31.4 Å². The maximum absolute atomic E-state index is 13.1. The minimum Gasteiger partial charge on any atom is -0.384 e. The zero-order valence-corrected chi connectivity index (χ0v) is 18.9. The number of hydrogen-bond acceptors (Lipinski definition) is 4. The fraction of sp³-hybridized carbons (Fsp3) is 0.458. The van der Waals surface area contributed by atoms with E-state index in [-0.39, 0.29) is 23.6 Å². The Morgan fingerprint density at radius 2 is 1.82 bits per heavy atom. The number of piperidine rings is 1. The average Bonchev–Trinajstić information content (AvgIpc) is 3.12. The fourth-order valence-electron chi connectivity index (χ4n) is 5.74. The highest BCUT2D eigenvalue weighted by molar-refractivity contribution is 6.57. The second-order valence-electron chi connectivity index (χ2n) is 9.59. The molecule has 0 bridgehead atoms. The number of hydrogen-bond donors (Lipinski definition) is 0. The Bertz CT molecular complexity index is 1080. The van der Waals surface area contributed by atoms with E-state index < -0.39 is 10.7 Å². The molecule has 0 aliphatic carbocycles. The molecule has 2 atom stereocenters. The van der Waals surface area contributed by atoms with Crippen LogP contribution in [0.2, 0.25) is 0 Å². The van der Waals surface area contributed by atoms with E-state index in [0.717, 1.165) is 43.9 Å². The highest BCUT2D eigenvalue weighted by Gasteiger charge is 2.55. The molecular formula is C24H24B4FN3O. The number of rotatable bonds is 5. The molecule has 1 fully saturated rings. The molecule has 160 valence electrons. The van der Waals surface area contributed by atoms with Crippen molar-refractivity contribution in [2.45, 2.75) is 41.9 Å². The Hall–Kier alpha value is -2.14. The van der Waals surface area contributed by atoms with Crippen molar-refractivity contribution in [1.29, 1.82) is 0 Å². The summed E-state index contributed by atoms with van der Waals surface area (Å²) in [6.07, 6.45) is 2.06.